The zero-order valence-electron chi connectivity index (χ0n) is 22.1. The molecular formula is C29H31N3O6S2. The number of nitrogens with zero attached hydrogens (tertiary/aromatic N) is 1. The Bertz CT molecular complexity index is 1530. The van der Waals surface area contributed by atoms with Crippen molar-refractivity contribution in [1.29, 1.82) is 0 Å². The summed E-state index contributed by atoms with van der Waals surface area (Å²) in [7, 11) is -3.79. The summed E-state index contributed by atoms with van der Waals surface area (Å²) in [5.74, 6) is -0.729. The fourth-order valence-electron chi connectivity index (χ4n) is 4.40. The summed E-state index contributed by atoms with van der Waals surface area (Å²) in [6.45, 7) is 2.01. The molecule has 0 bridgehead atoms. The van der Waals surface area contributed by atoms with Gasteiger partial charge in [0, 0.05) is 34.9 Å². The Kier molecular flexibility index (Phi) is 9.18. The number of β-amino-alcohol motifs (C(OH)–C–C–N with tert-alkyl or cyclic N) is 1. The highest BCUT2D eigenvalue weighted by Gasteiger charge is 2.29. The van der Waals surface area contributed by atoms with Gasteiger partial charge in [-0.05, 0) is 48.4 Å². The third kappa shape index (κ3) is 7.44. The Morgan fingerprint density at radius 2 is 1.77 bits per heavy atom. The summed E-state index contributed by atoms with van der Waals surface area (Å²) in [6.07, 6.45) is 1.56. The molecule has 4 N–H and O–H groups in total. The van der Waals surface area contributed by atoms with Crippen molar-refractivity contribution in [2.24, 2.45) is 5.73 Å². The lowest BCUT2D eigenvalue weighted by Crippen LogP contribution is -2.50. The Balaban J connectivity index is 1.57. The van der Waals surface area contributed by atoms with Crippen LogP contribution in [-0.2, 0) is 21.5 Å². The topological polar surface area (TPSA) is 139 Å². The van der Waals surface area contributed by atoms with Crippen LogP contribution in [0.2, 0.25) is 0 Å². The Hall–Kier alpha value is -3.80. The van der Waals surface area contributed by atoms with Crippen LogP contribution < -0.4 is 15.2 Å². The van der Waals surface area contributed by atoms with Gasteiger partial charge in [-0.3, -0.25) is 9.59 Å². The maximum absolute atomic E-state index is 13.4. The fraction of sp³-hybridized carbons (Fsp3) is 0.241. The van der Waals surface area contributed by atoms with Gasteiger partial charge in [0.1, 0.15) is 11.4 Å². The zero-order chi connectivity index (χ0) is 28.9. The number of nitrogens with two attached hydrogens (primary N) is 1. The van der Waals surface area contributed by atoms with E-state index in [9.17, 15) is 23.1 Å². The Morgan fingerprint density at radius 1 is 1.07 bits per heavy atom. The fourth-order valence-corrected chi connectivity index (χ4v) is 5.94. The largest absolute Gasteiger partial charge is 0.389 e. The van der Waals surface area contributed by atoms with Crippen molar-refractivity contribution < 1.29 is 27.3 Å². The molecule has 1 heterocycles. The molecule has 3 aromatic rings. The molecule has 210 valence electrons. The molecule has 0 fully saturated rings. The third-order valence-corrected chi connectivity index (χ3v) is 8.05. The van der Waals surface area contributed by atoms with E-state index in [2.05, 4.69) is 5.32 Å². The number of rotatable bonds is 11. The van der Waals surface area contributed by atoms with Gasteiger partial charge < -0.3 is 25.2 Å². The van der Waals surface area contributed by atoms with Crippen molar-refractivity contribution in [2.45, 2.75) is 30.5 Å². The number of aliphatic hydroxyl groups is 1. The molecule has 40 heavy (non-hydrogen) atoms. The number of thioether (sulfide) groups is 1. The van der Waals surface area contributed by atoms with Crippen molar-refractivity contribution >= 4 is 39.8 Å². The van der Waals surface area contributed by atoms with Gasteiger partial charge >= 0.3 is 10.1 Å². The molecule has 0 aliphatic carbocycles. The number of fused-ring (bicyclic) bond motifs is 1. The van der Waals surface area contributed by atoms with Gasteiger partial charge in [0.05, 0.1) is 18.4 Å². The molecule has 2 unspecified atom stereocenters. The number of nitrogens with one attached hydrogen (secondary N) is 1. The molecule has 1 aliphatic rings. The van der Waals surface area contributed by atoms with Crippen LogP contribution in [0.15, 0.2) is 83.4 Å². The van der Waals surface area contributed by atoms with Crippen molar-refractivity contribution in [3.8, 4) is 5.75 Å². The number of carbonyl (C=O) groups is 2. The predicted molar refractivity (Wildman–Crippen MR) is 155 cm³/mol. The van der Waals surface area contributed by atoms with Gasteiger partial charge in [0.15, 0.2) is 0 Å². The lowest BCUT2D eigenvalue weighted by Gasteiger charge is -2.34. The minimum Gasteiger partial charge on any atom is -0.389 e. The zero-order valence-corrected chi connectivity index (χ0v) is 23.7. The second kappa shape index (κ2) is 12.6. The monoisotopic (exact) mass is 581 g/mol. The molecule has 3 aromatic carbocycles. The van der Waals surface area contributed by atoms with Crippen LogP contribution in [0.5, 0.6) is 5.75 Å². The first-order valence-corrected chi connectivity index (χ1v) is 15.3. The normalized spacial score (nSPS) is 14.5. The Morgan fingerprint density at radius 3 is 2.48 bits per heavy atom. The van der Waals surface area contributed by atoms with E-state index in [1.165, 1.54) is 23.9 Å². The molecule has 0 radical (unpaired) electrons. The summed E-state index contributed by atoms with van der Waals surface area (Å²) < 4.78 is 28.3. The van der Waals surface area contributed by atoms with Crippen molar-refractivity contribution in [3.05, 3.63) is 101 Å². The summed E-state index contributed by atoms with van der Waals surface area (Å²) >= 11 is 1.46. The second-order valence-corrected chi connectivity index (χ2v) is 12.1. The van der Waals surface area contributed by atoms with E-state index >= 15 is 0 Å². The second-order valence-electron chi connectivity index (χ2n) is 9.46. The van der Waals surface area contributed by atoms with Crippen LogP contribution in [0.1, 0.15) is 27.0 Å². The molecule has 0 saturated carbocycles. The molecule has 4 rings (SSSR count). The highest BCUT2D eigenvalue weighted by Crippen LogP contribution is 2.27. The predicted octanol–water partition coefficient (Wildman–Crippen LogP) is 2.93. The molecule has 1 aliphatic heterocycles. The molecule has 11 heteroatoms. The minimum atomic E-state index is -3.79. The average molecular weight is 582 g/mol. The van der Waals surface area contributed by atoms with Crippen LogP contribution in [-0.4, -0.2) is 60.9 Å². The van der Waals surface area contributed by atoms with Crippen LogP contribution in [0.3, 0.4) is 0 Å². The van der Waals surface area contributed by atoms with E-state index in [1.54, 1.807) is 24.0 Å². The minimum absolute atomic E-state index is 0.0413. The Labute approximate surface area is 238 Å². The molecule has 2 atom stereocenters. The average Bonchev–Trinajstić information content (AvgIpc) is 2.91. The molecule has 0 saturated heterocycles. The highest BCUT2D eigenvalue weighted by molar-refractivity contribution is 7.99. The van der Waals surface area contributed by atoms with E-state index in [0.717, 1.165) is 22.3 Å². The third-order valence-electron chi connectivity index (χ3n) is 6.43. The maximum atomic E-state index is 13.4. The summed E-state index contributed by atoms with van der Waals surface area (Å²) in [4.78, 5) is 28.3. The van der Waals surface area contributed by atoms with E-state index in [-0.39, 0.29) is 23.6 Å². The molecule has 0 spiro atoms. The smallest absolute Gasteiger partial charge is 0.306 e. The van der Waals surface area contributed by atoms with Gasteiger partial charge in [0.25, 0.3) is 11.8 Å². The molecular weight excluding hydrogens is 550 g/mol. The number of hydrogen-bond donors (Lipinski definition) is 3. The molecule has 0 aromatic heterocycles. The number of benzene rings is 3. The summed E-state index contributed by atoms with van der Waals surface area (Å²) in [5.41, 5.74) is 8.39. The summed E-state index contributed by atoms with van der Waals surface area (Å²) in [5, 5.41) is 14.3. The van der Waals surface area contributed by atoms with Gasteiger partial charge in [-0.25, -0.2) is 0 Å². The standard InChI is InChI=1S/C29H31N3O6S2/c1-19-23(13-8-14-27(19)38-40(2,36)37)29(35)31-24(18-39-22-11-4-3-5-12-22)26(33)17-32-16-21-10-7-6-9-20(21)15-25(32)28(30)34/h3-15,24,26,33H,16-18H2,1-2H3,(H2,30,34)(H,31,35). The van der Waals surface area contributed by atoms with Crippen molar-refractivity contribution in [2.75, 3.05) is 18.6 Å². The van der Waals surface area contributed by atoms with E-state index in [4.69, 9.17) is 9.92 Å². The van der Waals surface area contributed by atoms with Gasteiger partial charge in [0.2, 0.25) is 0 Å². The molecule has 9 nitrogen and oxygen atoms in total. The first-order chi connectivity index (χ1) is 19.0. The van der Waals surface area contributed by atoms with Gasteiger partial charge in [-0.1, -0.05) is 48.5 Å². The lowest BCUT2D eigenvalue weighted by atomic mass is 10.00. The van der Waals surface area contributed by atoms with E-state index < -0.39 is 34.1 Å². The SMILES string of the molecule is Cc1c(OS(C)(=O)=O)cccc1C(=O)NC(CSc1ccccc1)C(O)CN1Cc2ccccc2C=C1C(N)=O. The van der Waals surface area contributed by atoms with E-state index in [0.29, 0.717) is 17.9 Å². The number of amides is 2. The van der Waals surface area contributed by atoms with Crippen LogP contribution in [0.25, 0.3) is 6.08 Å². The van der Waals surface area contributed by atoms with Crippen LogP contribution in [0.4, 0.5) is 0 Å². The van der Waals surface area contributed by atoms with Gasteiger partial charge in [-0.15, -0.1) is 11.8 Å². The van der Waals surface area contributed by atoms with E-state index in [1.807, 2.05) is 54.6 Å². The highest BCUT2D eigenvalue weighted by atomic mass is 32.2. The lowest BCUT2D eigenvalue weighted by molar-refractivity contribution is -0.116. The number of hydrogen-bond acceptors (Lipinski definition) is 8. The number of primary amides is 1. The quantitative estimate of drug-likeness (QED) is 0.232. The number of carbonyl (C=O) groups excluding carboxylic acids is 2. The molecule has 2 amide bonds. The van der Waals surface area contributed by atoms with Crippen LogP contribution in [0, 0.1) is 6.92 Å². The van der Waals surface area contributed by atoms with Crippen LogP contribution >= 0.6 is 11.8 Å². The maximum Gasteiger partial charge on any atom is 0.306 e. The first kappa shape index (κ1) is 29.2. The number of aliphatic hydroxyl groups excluding tert-OH is 1. The summed E-state index contributed by atoms with van der Waals surface area (Å²) in [6, 6.07) is 21.0. The van der Waals surface area contributed by atoms with Crippen molar-refractivity contribution in [1.82, 2.24) is 10.2 Å². The first-order valence-electron chi connectivity index (χ1n) is 12.5. The van der Waals surface area contributed by atoms with Crippen molar-refractivity contribution in [3.63, 3.8) is 0 Å². The van der Waals surface area contributed by atoms with Gasteiger partial charge in [-0.2, -0.15) is 8.42 Å².